The molecule has 0 saturated carbocycles. The molecule has 0 spiro atoms. The SMILES string of the molecule is Cc1[nH]c(-c2ccc(C(F)(F)F)cc2)cc1COc1ccc(S(=O)(=O)N2c3ccccc3C[C@@H]2C(=O)O)cc1. The number of anilines is 1. The molecule has 2 N–H and O–H groups in total. The minimum Gasteiger partial charge on any atom is -0.489 e. The number of ether oxygens (including phenoxy) is 1. The van der Waals surface area contributed by atoms with Crippen LogP contribution in [0.4, 0.5) is 18.9 Å². The molecule has 3 aromatic carbocycles. The van der Waals surface area contributed by atoms with Gasteiger partial charge in [0.25, 0.3) is 10.0 Å². The van der Waals surface area contributed by atoms with Crippen molar-refractivity contribution in [2.45, 2.75) is 37.1 Å². The lowest BCUT2D eigenvalue weighted by atomic mass is 10.1. The Morgan fingerprint density at radius 3 is 2.36 bits per heavy atom. The van der Waals surface area contributed by atoms with Gasteiger partial charge < -0.3 is 14.8 Å². The number of rotatable bonds is 7. The molecule has 0 aliphatic carbocycles. The summed E-state index contributed by atoms with van der Waals surface area (Å²) in [5.74, 6) is -0.838. The summed E-state index contributed by atoms with van der Waals surface area (Å²) in [7, 11) is -4.16. The lowest BCUT2D eigenvalue weighted by molar-refractivity contribution is -0.138. The number of H-pyrrole nitrogens is 1. The molecule has 2 heterocycles. The van der Waals surface area contributed by atoms with Crippen LogP contribution in [-0.2, 0) is 34.0 Å². The van der Waals surface area contributed by atoms with Crippen molar-refractivity contribution in [3.05, 3.63) is 101 Å². The van der Waals surface area contributed by atoms with Crippen molar-refractivity contribution in [1.82, 2.24) is 4.98 Å². The van der Waals surface area contributed by atoms with E-state index in [4.69, 9.17) is 4.74 Å². The van der Waals surface area contributed by atoms with E-state index in [0.717, 1.165) is 27.7 Å². The van der Waals surface area contributed by atoms with Gasteiger partial charge in [-0.25, -0.2) is 13.2 Å². The maximum absolute atomic E-state index is 13.4. The predicted molar refractivity (Wildman–Crippen MR) is 138 cm³/mol. The van der Waals surface area contributed by atoms with E-state index in [1.54, 1.807) is 30.3 Å². The summed E-state index contributed by atoms with van der Waals surface area (Å²) in [5.41, 5.74) is 3.05. The van der Waals surface area contributed by atoms with Crippen LogP contribution in [0, 0.1) is 6.92 Å². The Balaban J connectivity index is 1.30. The number of benzene rings is 3. The highest BCUT2D eigenvalue weighted by Crippen LogP contribution is 2.37. The molecule has 0 fully saturated rings. The summed E-state index contributed by atoms with van der Waals surface area (Å²) in [6.07, 6.45) is -4.33. The first-order chi connectivity index (χ1) is 18.4. The minimum atomic E-state index is -4.41. The van der Waals surface area contributed by atoms with Crippen LogP contribution in [0.5, 0.6) is 5.75 Å². The van der Waals surface area contributed by atoms with Gasteiger partial charge >= 0.3 is 12.1 Å². The van der Waals surface area contributed by atoms with Gasteiger partial charge in [-0.2, -0.15) is 13.2 Å². The second-order valence-corrected chi connectivity index (χ2v) is 11.0. The normalized spacial score (nSPS) is 15.3. The van der Waals surface area contributed by atoms with E-state index in [0.29, 0.717) is 28.3 Å². The van der Waals surface area contributed by atoms with Crippen LogP contribution in [0.2, 0.25) is 0 Å². The third kappa shape index (κ3) is 5.09. The number of hydrogen-bond donors (Lipinski definition) is 2. The molecule has 1 aromatic heterocycles. The fraction of sp³-hybridized carbons (Fsp3) is 0.179. The van der Waals surface area contributed by atoms with Crippen molar-refractivity contribution in [3.8, 4) is 17.0 Å². The zero-order chi connectivity index (χ0) is 27.9. The number of aryl methyl sites for hydroxylation is 1. The highest BCUT2D eigenvalue weighted by molar-refractivity contribution is 7.93. The molecule has 7 nitrogen and oxygen atoms in total. The van der Waals surface area contributed by atoms with Crippen molar-refractivity contribution in [1.29, 1.82) is 0 Å². The molecule has 39 heavy (non-hydrogen) atoms. The van der Waals surface area contributed by atoms with Crippen LogP contribution in [0.3, 0.4) is 0 Å². The largest absolute Gasteiger partial charge is 0.489 e. The Kier molecular flexibility index (Phi) is 6.63. The number of hydrogen-bond acceptors (Lipinski definition) is 4. The first-order valence-corrected chi connectivity index (χ1v) is 13.3. The van der Waals surface area contributed by atoms with E-state index in [9.17, 15) is 31.5 Å². The first kappa shape index (κ1) is 26.4. The van der Waals surface area contributed by atoms with Crippen molar-refractivity contribution >= 4 is 21.7 Å². The molecule has 1 aliphatic heterocycles. The van der Waals surface area contributed by atoms with Crippen LogP contribution < -0.4 is 9.04 Å². The number of halogens is 3. The molecule has 0 saturated heterocycles. The van der Waals surface area contributed by atoms with E-state index >= 15 is 0 Å². The van der Waals surface area contributed by atoms with E-state index < -0.39 is 33.8 Å². The number of fused-ring (bicyclic) bond motifs is 1. The Morgan fingerprint density at radius 1 is 1.05 bits per heavy atom. The number of sulfonamides is 1. The van der Waals surface area contributed by atoms with Gasteiger partial charge in [-0.1, -0.05) is 30.3 Å². The number of aliphatic carboxylic acids is 1. The number of carboxylic acids is 1. The summed E-state index contributed by atoms with van der Waals surface area (Å²) in [5, 5.41) is 9.66. The highest BCUT2D eigenvalue weighted by atomic mass is 32.2. The number of carbonyl (C=O) groups is 1. The van der Waals surface area contributed by atoms with Crippen LogP contribution in [0.15, 0.2) is 83.8 Å². The zero-order valence-corrected chi connectivity index (χ0v) is 21.4. The van der Waals surface area contributed by atoms with Gasteiger partial charge in [0, 0.05) is 23.4 Å². The molecule has 202 valence electrons. The van der Waals surface area contributed by atoms with Gasteiger partial charge in [0.15, 0.2) is 0 Å². The molecule has 0 unspecified atom stereocenters. The van der Waals surface area contributed by atoms with Crippen LogP contribution >= 0.6 is 0 Å². The van der Waals surface area contributed by atoms with Crippen molar-refractivity contribution < 1.29 is 36.2 Å². The average molecular weight is 557 g/mol. The van der Waals surface area contributed by atoms with Gasteiger partial charge in [-0.3, -0.25) is 4.31 Å². The van der Waals surface area contributed by atoms with E-state index in [1.807, 2.05) is 6.92 Å². The predicted octanol–water partition coefficient (Wildman–Crippen LogP) is 5.79. The Morgan fingerprint density at radius 2 is 1.72 bits per heavy atom. The molecule has 4 aromatic rings. The molecule has 1 aliphatic rings. The summed E-state index contributed by atoms with van der Waals surface area (Å²) < 4.78 is 72.1. The number of carboxylic acid groups (broad SMARTS) is 1. The van der Waals surface area contributed by atoms with Gasteiger partial charge in [0.05, 0.1) is 16.1 Å². The molecule has 1 atom stereocenters. The van der Waals surface area contributed by atoms with Crippen molar-refractivity contribution in [2.24, 2.45) is 0 Å². The third-order valence-corrected chi connectivity index (χ3v) is 8.47. The fourth-order valence-corrected chi connectivity index (χ4v) is 6.21. The second kappa shape index (κ2) is 9.81. The van der Waals surface area contributed by atoms with E-state index in [2.05, 4.69) is 4.98 Å². The summed E-state index contributed by atoms with van der Waals surface area (Å²) >= 11 is 0. The maximum Gasteiger partial charge on any atom is 0.416 e. The molecule has 5 rings (SSSR count). The van der Waals surface area contributed by atoms with Crippen molar-refractivity contribution in [3.63, 3.8) is 0 Å². The Bertz CT molecular complexity index is 1630. The number of nitrogens with zero attached hydrogens (tertiary/aromatic N) is 1. The molecular formula is C28H23F3N2O5S. The maximum atomic E-state index is 13.4. The Labute approximate surface area is 222 Å². The first-order valence-electron chi connectivity index (χ1n) is 11.9. The summed E-state index contributed by atoms with van der Waals surface area (Å²) in [6, 6.07) is 17.8. The fourth-order valence-electron chi connectivity index (χ4n) is 4.57. The number of aromatic nitrogens is 1. The molecule has 0 bridgehead atoms. The smallest absolute Gasteiger partial charge is 0.416 e. The number of aromatic amines is 1. The Hall–Kier alpha value is -4.25. The topological polar surface area (TPSA) is 99.7 Å². The number of alkyl halides is 3. The summed E-state index contributed by atoms with van der Waals surface area (Å²) in [4.78, 5) is 14.9. The van der Waals surface area contributed by atoms with Gasteiger partial charge in [0.2, 0.25) is 0 Å². The highest BCUT2D eigenvalue weighted by Gasteiger charge is 2.42. The van der Waals surface area contributed by atoms with Gasteiger partial charge in [0.1, 0.15) is 18.4 Å². The monoisotopic (exact) mass is 556 g/mol. The lowest BCUT2D eigenvalue weighted by Gasteiger charge is -2.24. The number of para-hydroxylation sites is 1. The molecule has 0 radical (unpaired) electrons. The lowest BCUT2D eigenvalue weighted by Crippen LogP contribution is -2.42. The quantitative estimate of drug-likeness (QED) is 0.300. The molecule has 0 amide bonds. The van der Waals surface area contributed by atoms with Gasteiger partial charge in [-0.15, -0.1) is 0 Å². The van der Waals surface area contributed by atoms with Crippen LogP contribution in [-0.4, -0.2) is 30.5 Å². The van der Waals surface area contributed by atoms with Crippen LogP contribution in [0.25, 0.3) is 11.3 Å². The third-order valence-electron chi connectivity index (χ3n) is 6.63. The minimum absolute atomic E-state index is 0.0692. The number of nitrogens with one attached hydrogen (secondary N) is 1. The van der Waals surface area contributed by atoms with E-state index in [1.165, 1.54) is 36.4 Å². The van der Waals surface area contributed by atoms with Crippen molar-refractivity contribution in [2.75, 3.05) is 4.31 Å². The second-order valence-electron chi connectivity index (χ2n) is 9.16. The van der Waals surface area contributed by atoms with Gasteiger partial charge in [-0.05, 0) is 66.6 Å². The zero-order valence-electron chi connectivity index (χ0n) is 20.6. The summed E-state index contributed by atoms with van der Waals surface area (Å²) in [6.45, 7) is 1.95. The molecule has 11 heteroatoms. The molecular weight excluding hydrogens is 533 g/mol. The van der Waals surface area contributed by atoms with Crippen LogP contribution in [0.1, 0.15) is 22.4 Å². The van der Waals surface area contributed by atoms with E-state index in [-0.39, 0.29) is 17.9 Å². The standard InChI is InChI=1S/C28H23F3N2O5S/c1-17-20(14-24(32-17)18-6-8-21(9-7-18)28(29,30)31)16-38-22-10-12-23(13-11-22)39(36,37)33-25-5-3-2-4-19(25)15-26(33)27(34)35/h2-14,26,32H,15-16H2,1H3,(H,34,35)/t26-/m1/s1. The average Bonchev–Trinajstić information content (AvgIpc) is 3.48.